The zero-order chi connectivity index (χ0) is 16.1. The molecule has 0 aliphatic carbocycles. The Morgan fingerprint density at radius 1 is 1.36 bits per heavy atom. The quantitative estimate of drug-likeness (QED) is 0.808. The second-order valence-electron chi connectivity index (χ2n) is 4.95. The van der Waals surface area contributed by atoms with E-state index in [1.807, 2.05) is 32.9 Å². The standard InChI is InChI=1S/C14H20BrN5O2/c1-5-20-14(17-18-19-20)16-8-10-6-11(15)13(22-9(2)3)12(7-10)21-4/h6-7,9H,5,8H2,1-4H3,(H,16,17,19). The molecule has 1 aromatic heterocycles. The Hall–Kier alpha value is -1.83. The van der Waals surface area contributed by atoms with Crippen LogP contribution in [0.2, 0.25) is 0 Å². The average molecular weight is 370 g/mol. The highest BCUT2D eigenvalue weighted by Gasteiger charge is 2.13. The van der Waals surface area contributed by atoms with Crippen LogP contribution < -0.4 is 14.8 Å². The second-order valence-corrected chi connectivity index (χ2v) is 5.80. The van der Waals surface area contributed by atoms with Crippen molar-refractivity contribution in [1.82, 2.24) is 20.2 Å². The summed E-state index contributed by atoms with van der Waals surface area (Å²) in [6, 6.07) is 3.93. The number of nitrogens with zero attached hydrogens (tertiary/aromatic N) is 4. The molecule has 0 bridgehead atoms. The van der Waals surface area contributed by atoms with Crippen LogP contribution in [0.4, 0.5) is 5.95 Å². The lowest BCUT2D eigenvalue weighted by molar-refractivity contribution is 0.228. The van der Waals surface area contributed by atoms with Gasteiger partial charge in [0.2, 0.25) is 5.95 Å². The largest absolute Gasteiger partial charge is 0.493 e. The van der Waals surface area contributed by atoms with Crippen molar-refractivity contribution >= 4 is 21.9 Å². The molecule has 120 valence electrons. The van der Waals surface area contributed by atoms with Gasteiger partial charge in [-0.2, -0.15) is 0 Å². The first-order valence-electron chi connectivity index (χ1n) is 7.08. The summed E-state index contributed by atoms with van der Waals surface area (Å²) in [4.78, 5) is 0. The van der Waals surface area contributed by atoms with Crippen molar-refractivity contribution in [2.24, 2.45) is 0 Å². The first-order valence-corrected chi connectivity index (χ1v) is 7.87. The minimum absolute atomic E-state index is 0.0726. The summed E-state index contributed by atoms with van der Waals surface area (Å²) >= 11 is 3.54. The molecule has 1 aromatic carbocycles. The third kappa shape index (κ3) is 3.88. The number of aryl methyl sites for hydroxylation is 1. The normalized spacial score (nSPS) is 10.8. The summed E-state index contributed by atoms with van der Waals surface area (Å²) in [6.07, 6.45) is 0.0726. The second kappa shape index (κ2) is 7.44. The molecule has 0 amide bonds. The third-order valence-corrected chi connectivity index (χ3v) is 3.51. The maximum Gasteiger partial charge on any atom is 0.243 e. The number of tetrazole rings is 1. The molecular weight excluding hydrogens is 350 g/mol. The highest BCUT2D eigenvalue weighted by atomic mass is 79.9. The Labute approximate surface area is 138 Å². The molecule has 0 spiro atoms. The van der Waals surface area contributed by atoms with Crippen molar-refractivity contribution in [2.45, 2.75) is 40.0 Å². The van der Waals surface area contributed by atoms with Gasteiger partial charge in [0.25, 0.3) is 0 Å². The highest BCUT2D eigenvalue weighted by Crippen LogP contribution is 2.37. The number of methoxy groups -OCH3 is 1. The van der Waals surface area contributed by atoms with Crippen LogP contribution in [0.1, 0.15) is 26.3 Å². The van der Waals surface area contributed by atoms with Crippen molar-refractivity contribution in [3.63, 3.8) is 0 Å². The van der Waals surface area contributed by atoms with Crippen molar-refractivity contribution in [2.75, 3.05) is 12.4 Å². The number of aromatic nitrogens is 4. The molecule has 0 saturated carbocycles. The van der Waals surface area contributed by atoms with Crippen LogP contribution in [0.5, 0.6) is 11.5 Å². The van der Waals surface area contributed by atoms with Gasteiger partial charge in [-0.05, 0) is 64.8 Å². The SMILES string of the molecule is CCn1nnnc1NCc1cc(Br)c(OC(C)C)c(OC)c1. The van der Waals surface area contributed by atoms with Gasteiger partial charge in [0.15, 0.2) is 11.5 Å². The summed E-state index contributed by atoms with van der Waals surface area (Å²) in [7, 11) is 1.63. The lowest BCUT2D eigenvalue weighted by Crippen LogP contribution is -2.10. The lowest BCUT2D eigenvalue weighted by atomic mass is 10.2. The zero-order valence-electron chi connectivity index (χ0n) is 13.1. The number of hydrogen-bond donors (Lipinski definition) is 1. The number of anilines is 1. The predicted molar refractivity (Wildman–Crippen MR) is 87.3 cm³/mol. The fourth-order valence-electron chi connectivity index (χ4n) is 1.95. The third-order valence-electron chi connectivity index (χ3n) is 2.92. The number of rotatable bonds is 7. The van der Waals surface area contributed by atoms with Gasteiger partial charge in [-0.25, -0.2) is 4.68 Å². The van der Waals surface area contributed by atoms with Gasteiger partial charge in [0.05, 0.1) is 17.7 Å². The maximum atomic E-state index is 5.78. The molecule has 1 heterocycles. The van der Waals surface area contributed by atoms with Crippen LogP contribution in [0, 0.1) is 0 Å². The smallest absolute Gasteiger partial charge is 0.243 e. The van der Waals surface area contributed by atoms with Gasteiger partial charge in [0, 0.05) is 13.1 Å². The molecule has 0 atom stereocenters. The van der Waals surface area contributed by atoms with Crippen LogP contribution in [0.25, 0.3) is 0 Å². The molecular formula is C14H20BrN5O2. The summed E-state index contributed by atoms with van der Waals surface area (Å²) in [5, 5.41) is 14.7. The Kier molecular flexibility index (Phi) is 5.59. The van der Waals surface area contributed by atoms with E-state index in [0.717, 1.165) is 10.0 Å². The van der Waals surface area contributed by atoms with Crippen LogP contribution in [0.15, 0.2) is 16.6 Å². The highest BCUT2D eigenvalue weighted by molar-refractivity contribution is 9.10. The zero-order valence-corrected chi connectivity index (χ0v) is 14.7. The summed E-state index contributed by atoms with van der Waals surface area (Å²) in [5.74, 6) is 2.04. The molecule has 7 nitrogen and oxygen atoms in total. The molecule has 0 aliphatic heterocycles. The Morgan fingerprint density at radius 2 is 2.14 bits per heavy atom. The van der Waals surface area contributed by atoms with Gasteiger partial charge >= 0.3 is 0 Å². The summed E-state index contributed by atoms with van der Waals surface area (Å²) < 4.78 is 13.8. The number of halogens is 1. The first kappa shape index (κ1) is 16.5. The van der Waals surface area contributed by atoms with Crippen LogP contribution in [-0.2, 0) is 13.1 Å². The first-order chi connectivity index (χ1) is 10.5. The van der Waals surface area contributed by atoms with Crippen molar-refractivity contribution in [3.05, 3.63) is 22.2 Å². The van der Waals surface area contributed by atoms with Crippen molar-refractivity contribution < 1.29 is 9.47 Å². The number of nitrogens with one attached hydrogen (secondary N) is 1. The van der Waals surface area contributed by atoms with Gasteiger partial charge in [-0.15, -0.1) is 0 Å². The topological polar surface area (TPSA) is 74.1 Å². The van der Waals surface area contributed by atoms with E-state index in [0.29, 0.717) is 30.5 Å². The minimum atomic E-state index is 0.0726. The van der Waals surface area contributed by atoms with E-state index in [9.17, 15) is 0 Å². The van der Waals surface area contributed by atoms with Gasteiger partial charge in [-0.3, -0.25) is 0 Å². The Balaban J connectivity index is 2.16. The molecule has 2 aromatic rings. The fraction of sp³-hybridized carbons (Fsp3) is 0.500. The molecule has 2 rings (SSSR count). The molecule has 22 heavy (non-hydrogen) atoms. The van der Waals surface area contributed by atoms with E-state index in [4.69, 9.17) is 9.47 Å². The van der Waals surface area contributed by atoms with Gasteiger partial charge in [-0.1, -0.05) is 5.10 Å². The average Bonchev–Trinajstić information content (AvgIpc) is 2.94. The minimum Gasteiger partial charge on any atom is -0.493 e. The monoisotopic (exact) mass is 369 g/mol. The van der Waals surface area contributed by atoms with Gasteiger partial charge in [0.1, 0.15) is 0 Å². The van der Waals surface area contributed by atoms with E-state index in [1.54, 1.807) is 11.8 Å². The molecule has 0 saturated heterocycles. The number of hydrogen-bond acceptors (Lipinski definition) is 6. The summed E-state index contributed by atoms with van der Waals surface area (Å²) in [6.45, 7) is 7.23. The van der Waals surface area contributed by atoms with Gasteiger partial charge < -0.3 is 14.8 Å². The van der Waals surface area contributed by atoms with E-state index in [-0.39, 0.29) is 6.10 Å². The predicted octanol–water partition coefficient (Wildman–Crippen LogP) is 2.86. The molecule has 0 aliphatic rings. The van der Waals surface area contributed by atoms with Crippen LogP contribution in [-0.4, -0.2) is 33.4 Å². The summed E-state index contributed by atoms with van der Waals surface area (Å²) in [5.41, 5.74) is 1.03. The Bertz CT molecular complexity index is 630. The molecule has 0 unspecified atom stereocenters. The maximum absolute atomic E-state index is 5.78. The van der Waals surface area contributed by atoms with Crippen molar-refractivity contribution in [3.8, 4) is 11.5 Å². The van der Waals surface area contributed by atoms with E-state index in [1.165, 1.54) is 0 Å². The molecule has 0 fully saturated rings. The Morgan fingerprint density at radius 3 is 2.77 bits per heavy atom. The van der Waals surface area contributed by atoms with E-state index < -0.39 is 0 Å². The van der Waals surface area contributed by atoms with Crippen LogP contribution >= 0.6 is 15.9 Å². The number of benzene rings is 1. The van der Waals surface area contributed by atoms with Crippen LogP contribution in [0.3, 0.4) is 0 Å². The number of ether oxygens (including phenoxy) is 2. The van der Waals surface area contributed by atoms with E-state index >= 15 is 0 Å². The molecule has 8 heteroatoms. The molecule has 0 radical (unpaired) electrons. The van der Waals surface area contributed by atoms with E-state index in [2.05, 4.69) is 36.8 Å². The fourth-order valence-corrected chi connectivity index (χ4v) is 2.53. The molecule has 1 N–H and O–H groups in total. The van der Waals surface area contributed by atoms with Crippen molar-refractivity contribution in [1.29, 1.82) is 0 Å². The lowest BCUT2D eigenvalue weighted by Gasteiger charge is -2.16.